The van der Waals surface area contributed by atoms with E-state index in [1.165, 1.54) is 44.8 Å². The summed E-state index contributed by atoms with van der Waals surface area (Å²) in [5.41, 5.74) is 11.8. The van der Waals surface area contributed by atoms with Crippen molar-refractivity contribution >= 4 is 16.0 Å². The molecule has 5 nitrogen and oxygen atoms in total. The smallest absolute Gasteiger partial charge is 0.164 e. The molecule has 3 aromatic rings. The fraction of sp³-hybridized carbons (Fsp3) is 0.474. The van der Waals surface area contributed by atoms with Crippen LogP contribution in [-0.2, 0) is 27.3 Å². The van der Waals surface area contributed by atoms with Crippen molar-refractivity contribution in [1.29, 1.82) is 0 Å². The molecule has 44 heavy (non-hydrogen) atoms. The van der Waals surface area contributed by atoms with Crippen LogP contribution >= 0.6 is 0 Å². The molecule has 1 atom stereocenters. The van der Waals surface area contributed by atoms with Crippen LogP contribution in [0.5, 0.6) is 5.75 Å². The van der Waals surface area contributed by atoms with Crippen LogP contribution in [0, 0.1) is 48.2 Å². The molecule has 3 aromatic carbocycles. The molecule has 1 unspecified atom stereocenters. The summed E-state index contributed by atoms with van der Waals surface area (Å²) in [6.45, 7) is 22.7. The maximum atomic E-state index is 5.59. The summed E-state index contributed by atoms with van der Waals surface area (Å²) in [5, 5.41) is 0. The van der Waals surface area contributed by atoms with E-state index in [0.29, 0.717) is 6.04 Å². The molecule has 0 aromatic heterocycles. The maximum absolute atomic E-state index is 5.59. The number of anilines is 2. The van der Waals surface area contributed by atoms with Crippen LogP contribution in [0.15, 0.2) is 48.5 Å². The van der Waals surface area contributed by atoms with Gasteiger partial charge in [0.15, 0.2) is 5.79 Å². The van der Waals surface area contributed by atoms with Gasteiger partial charge < -0.3 is 19.3 Å². The molecule has 1 heterocycles. The zero-order valence-electron chi connectivity index (χ0n) is 28.7. The molecule has 241 valence electrons. The van der Waals surface area contributed by atoms with Crippen LogP contribution in [0.3, 0.4) is 0 Å². The van der Waals surface area contributed by atoms with Gasteiger partial charge in [0.1, 0.15) is 0 Å². The summed E-state index contributed by atoms with van der Waals surface area (Å²) in [6.07, 6.45) is 3.22. The Morgan fingerprint density at radius 3 is 1.91 bits per heavy atom. The van der Waals surface area contributed by atoms with Crippen LogP contribution in [0.1, 0.15) is 79.0 Å². The van der Waals surface area contributed by atoms with Crippen LogP contribution in [-0.4, -0.2) is 43.3 Å². The zero-order valence-corrected chi connectivity index (χ0v) is 30.5. The van der Waals surface area contributed by atoms with Gasteiger partial charge in [-0.25, -0.2) is 0 Å². The molecule has 1 fully saturated rings. The van der Waals surface area contributed by atoms with Crippen molar-refractivity contribution in [3.05, 3.63) is 94.1 Å². The Balaban J connectivity index is 0.000000369. The molecule has 1 saturated heterocycles. The maximum Gasteiger partial charge on any atom is 0.164 e. The molecule has 0 amide bonds. The molecular formula is C38H53N2O3Ru. The van der Waals surface area contributed by atoms with Gasteiger partial charge in [0.25, 0.3) is 0 Å². The Morgan fingerprint density at radius 1 is 0.886 bits per heavy atom. The van der Waals surface area contributed by atoms with E-state index < -0.39 is 5.79 Å². The van der Waals surface area contributed by atoms with Crippen molar-refractivity contribution in [2.75, 3.05) is 30.6 Å². The van der Waals surface area contributed by atoms with Gasteiger partial charge in [-0.2, -0.15) is 6.67 Å². The normalized spacial score (nSPS) is 15.0. The first-order valence-corrected chi connectivity index (χ1v) is 16.7. The molecular weight excluding hydrogens is 633 g/mol. The second kappa shape index (κ2) is 16.2. The third kappa shape index (κ3) is 9.25. The third-order valence-corrected chi connectivity index (χ3v) is 8.84. The average Bonchev–Trinajstić information content (AvgIpc) is 3.34. The van der Waals surface area contributed by atoms with Crippen molar-refractivity contribution in [1.82, 2.24) is 0 Å². The van der Waals surface area contributed by atoms with E-state index in [0.717, 1.165) is 37.1 Å². The van der Waals surface area contributed by atoms with Crippen LogP contribution in [0.2, 0.25) is 0 Å². The number of methoxy groups -OCH3 is 2. The topological polar surface area (TPSA) is 34.2 Å². The standard InChI is InChI=1S/C28H41N2O2.C10H12O.Ru/c1-19-13-21(3)26(22(4)14-19)29-17-25(11-10-12-28(7,31-8)32-9)30(18-29)27-23(5)15-20(2)16-24(27)6;1-8(2)11-10-7-5-4-6-9(10)3;/h13-16,18,25H,10-12,17H2,1-9H3;3-8H,1-2H3;/q-1;;+1. The van der Waals surface area contributed by atoms with Crippen molar-refractivity contribution in [3.63, 3.8) is 0 Å². The number of para-hydroxylation sites is 1. The zero-order chi connectivity index (χ0) is 32.6. The third-order valence-electron chi connectivity index (χ3n) is 8.30. The van der Waals surface area contributed by atoms with Gasteiger partial charge in [0, 0.05) is 44.6 Å². The Kier molecular flexibility index (Phi) is 13.2. The minimum atomic E-state index is -0.521. The van der Waals surface area contributed by atoms with Crippen molar-refractivity contribution < 1.29 is 32.1 Å². The van der Waals surface area contributed by atoms with E-state index in [4.69, 9.17) is 14.2 Å². The first-order chi connectivity index (χ1) is 20.8. The van der Waals surface area contributed by atoms with Crippen molar-refractivity contribution in [2.24, 2.45) is 0 Å². The largest absolute Gasteiger partial charge is 0.501 e. The van der Waals surface area contributed by atoms with E-state index >= 15 is 0 Å². The van der Waals surface area contributed by atoms with Gasteiger partial charge in [0.05, 0.1) is 0 Å². The van der Waals surface area contributed by atoms with Gasteiger partial charge in [-0.3, -0.25) is 0 Å². The molecule has 0 bridgehead atoms. The Bertz CT molecular complexity index is 1350. The van der Waals surface area contributed by atoms with Crippen LogP contribution < -0.4 is 14.5 Å². The molecule has 0 spiro atoms. The van der Waals surface area contributed by atoms with Gasteiger partial charge in [-0.05, 0) is 83.6 Å². The van der Waals surface area contributed by atoms with E-state index in [1.807, 2.05) is 49.6 Å². The van der Waals surface area contributed by atoms with E-state index in [1.54, 1.807) is 14.2 Å². The minimum absolute atomic E-state index is 0.234. The quantitative estimate of drug-likeness (QED) is 0.115. The van der Waals surface area contributed by atoms with Gasteiger partial charge >= 0.3 is 82.7 Å². The van der Waals surface area contributed by atoms with Crippen LogP contribution in [0.4, 0.5) is 11.4 Å². The summed E-state index contributed by atoms with van der Waals surface area (Å²) in [6, 6.07) is 17.6. The number of hydrogen-bond donors (Lipinski definition) is 0. The van der Waals surface area contributed by atoms with Crippen molar-refractivity contribution in [2.45, 2.75) is 99.5 Å². The van der Waals surface area contributed by atoms with Crippen LogP contribution in [0.25, 0.3) is 0 Å². The number of benzene rings is 3. The van der Waals surface area contributed by atoms with E-state index in [-0.39, 0.29) is 6.10 Å². The predicted octanol–water partition coefficient (Wildman–Crippen LogP) is 8.70. The van der Waals surface area contributed by atoms with Gasteiger partial charge in [-0.15, -0.1) is 0 Å². The summed E-state index contributed by atoms with van der Waals surface area (Å²) in [7, 11) is 3.45. The summed E-state index contributed by atoms with van der Waals surface area (Å²) in [4.78, 5) is 4.97. The molecule has 6 heteroatoms. The first-order valence-electron chi connectivity index (χ1n) is 15.7. The molecule has 1 aliphatic heterocycles. The predicted molar refractivity (Wildman–Crippen MR) is 183 cm³/mol. The fourth-order valence-corrected chi connectivity index (χ4v) is 6.72. The molecule has 0 saturated carbocycles. The second-order valence-electron chi connectivity index (χ2n) is 12.6. The minimum Gasteiger partial charge on any atom is -0.501 e. The van der Waals surface area contributed by atoms with Gasteiger partial charge in [-0.1, -0.05) is 35.4 Å². The van der Waals surface area contributed by atoms with E-state index in [9.17, 15) is 0 Å². The molecule has 0 radical (unpaired) electrons. The van der Waals surface area contributed by atoms with Gasteiger partial charge in [0.2, 0.25) is 0 Å². The van der Waals surface area contributed by atoms with E-state index in [2.05, 4.69) is 100 Å². The Morgan fingerprint density at radius 2 is 1.41 bits per heavy atom. The summed E-state index contributed by atoms with van der Waals surface area (Å²) in [5.74, 6) is 0.429. The molecule has 1 aliphatic rings. The molecule has 4 rings (SSSR count). The average molecular weight is 687 g/mol. The number of nitrogens with zero attached hydrogens (tertiary/aromatic N) is 2. The monoisotopic (exact) mass is 687 g/mol. The number of aryl methyl sites for hydroxylation is 6. The summed E-state index contributed by atoms with van der Waals surface area (Å²) < 4.78 is 18.8. The Hall–Kier alpha value is -2.53. The van der Waals surface area contributed by atoms with Crippen molar-refractivity contribution in [3.8, 4) is 5.75 Å². The molecule has 0 aliphatic carbocycles. The fourth-order valence-electron chi connectivity index (χ4n) is 6.30. The first kappa shape index (κ1) is 35.9. The number of ether oxygens (including phenoxy) is 3. The number of rotatable bonds is 11. The second-order valence-corrected chi connectivity index (χ2v) is 13.1. The summed E-state index contributed by atoms with van der Waals surface area (Å²) >= 11 is 2.49. The Labute approximate surface area is 277 Å². The SMILES string of the molecule is CC(C)Oc1ccccc1[CH]=[Ru+].COC(C)(CCCC1CN(c2c(C)cc(C)cc2C)[CH-]N1c1c(C)cc(C)cc1C)OC. The molecule has 0 N–H and O–H groups in total. The number of hydrogen-bond acceptors (Lipinski definition) is 5.